The van der Waals surface area contributed by atoms with Crippen LogP contribution in [0.1, 0.15) is 18.0 Å². The van der Waals surface area contributed by atoms with Gasteiger partial charge in [0.1, 0.15) is 0 Å². The summed E-state index contributed by atoms with van der Waals surface area (Å²) in [5.41, 5.74) is 2.38. The van der Waals surface area contributed by atoms with Crippen LogP contribution in [0.3, 0.4) is 0 Å². The van der Waals surface area contributed by atoms with Crippen molar-refractivity contribution in [1.29, 1.82) is 0 Å². The Morgan fingerprint density at radius 2 is 1.82 bits per heavy atom. The van der Waals surface area contributed by atoms with Gasteiger partial charge >= 0.3 is 6.18 Å². The summed E-state index contributed by atoms with van der Waals surface area (Å²) >= 11 is 3.23. The fourth-order valence-electron chi connectivity index (χ4n) is 2.65. The molecule has 1 aliphatic rings. The van der Waals surface area contributed by atoms with Crippen LogP contribution in [-0.4, -0.2) is 23.6 Å². The van der Waals surface area contributed by atoms with Crippen LogP contribution in [-0.2, 0) is 4.79 Å². The van der Waals surface area contributed by atoms with Gasteiger partial charge in [0.05, 0.1) is 0 Å². The van der Waals surface area contributed by atoms with Crippen molar-refractivity contribution in [2.24, 2.45) is 0 Å². The Kier molecular flexibility index (Phi) is 3.86. The lowest BCUT2D eigenvalue weighted by atomic mass is 10.0. The minimum absolute atomic E-state index is 0.0300. The van der Waals surface area contributed by atoms with E-state index in [0.717, 1.165) is 15.8 Å². The molecule has 1 unspecified atom stereocenters. The third-order valence-corrected chi connectivity index (χ3v) is 4.32. The minimum Gasteiger partial charge on any atom is -0.288 e. The maximum Gasteiger partial charge on any atom is 0.409 e. The summed E-state index contributed by atoms with van der Waals surface area (Å²) < 4.78 is 41.0. The molecule has 3 rings (SSSR count). The Morgan fingerprint density at radius 1 is 1.18 bits per heavy atom. The first-order valence-electron chi connectivity index (χ1n) is 6.67. The number of fused-ring (bicyclic) bond motifs is 1. The van der Waals surface area contributed by atoms with Crippen LogP contribution in [0.4, 0.5) is 13.2 Å². The molecule has 1 atom stereocenters. The van der Waals surface area contributed by atoms with E-state index >= 15 is 0 Å². The zero-order valence-electron chi connectivity index (χ0n) is 11.3. The van der Waals surface area contributed by atoms with Gasteiger partial charge in [-0.3, -0.25) is 10.2 Å². The van der Waals surface area contributed by atoms with Gasteiger partial charge in [-0.25, -0.2) is 5.01 Å². The smallest absolute Gasteiger partial charge is 0.288 e. The van der Waals surface area contributed by atoms with Gasteiger partial charge in [-0.2, -0.15) is 13.2 Å². The second kappa shape index (κ2) is 5.55. The van der Waals surface area contributed by atoms with Crippen LogP contribution in [0, 0.1) is 0 Å². The lowest BCUT2D eigenvalue weighted by Crippen LogP contribution is -2.43. The van der Waals surface area contributed by atoms with E-state index in [1.54, 1.807) is 18.2 Å². The summed E-state index contributed by atoms with van der Waals surface area (Å²) in [7, 11) is 0. The average molecular weight is 373 g/mol. The number of hydrazine groups is 1. The van der Waals surface area contributed by atoms with Gasteiger partial charge in [0.25, 0.3) is 0 Å². The molecule has 0 radical (unpaired) electrons. The van der Waals surface area contributed by atoms with Crippen molar-refractivity contribution >= 4 is 32.6 Å². The summed E-state index contributed by atoms with van der Waals surface area (Å²) in [6.07, 6.45) is -4.43. The predicted octanol–water partition coefficient (Wildman–Crippen LogP) is 3.94. The molecule has 0 spiro atoms. The van der Waals surface area contributed by atoms with E-state index in [2.05, 4.69) is 21.4 Å². The lowest BCUT2D eigenvalue weighted by molar-refractivity contribution is -0.191. The molecule has 2 aromatic carbocycles. The van der Waals surface area contributed by atoms with E-state index in [9.17, 15) is 18.0 Å². The van der Waals surface area contributed by atoms with Gasteiger partial charge in [-0.05, 0) is 28.5 Å². The molecule has 1 amide bonds. The third kappa shape index (κ3) is 2.83. The highest BCUT2D eigenvalue weighted by Gasteiger charge is 2.47. The molecule has 1 saturated heterocycles. The molecular weight excluding hydrogens is 361 g/mol. The van der Waals surface area contributed by atoms with E-state index in [1.165, 1.54) is 6.07 Å². The van der Waals surface area contributed by atoms with Crippen molar-refractivity contribution in [3.05, 3.63) is 46.4 Å². The second-order valence-corrected chi connectivity index (χ2v) is 6.00. The second-order valence-electron chi connectivity index (χ2n) is 5.14. The summed E-state index contributed by atoms with van der Waals surface area (Å²) in [4.78, 5) is 11.3. The zero-order chi connectivity index (χ0) is 15.9. The molecule has 1 aliphatic heterocycles. The SMILES string of the molecule is O=C1CCN(C(c2cc3ccccc3cc2Br)C(F)(F)F)N1. The number of carbonyl (C=O) groups is 1. The summed E-state index contributed by atoms with van der Waals surface area (Å²) in [5, 5.41) is 2.53. The van der Waals surface area contributed by atoms with Crippen molar-refractivity contribution < 1.29 is 18.0 Å². The first kappa shape index (κ1) is 15.3. The van der Waals surface area contributed by atoms with E-state index in [-0.39, 0.29) is 18.5 Å². The van der Waals surface area contributed by atoms with Crippen LogP contribution in [0.25, 0.3) is 10.8 Å². The van der Waals surface area contributed by atoms with Gasteiger partial charge < -0.3 is 0 Å². The molecule has 0 saturated carbocycles. The summed E-state index contributed by atoms with van der Waals surface area (Å²) in [6, 6.07) is 8.52. The van der Waals surface area contributed by atoms with Crippen molar-refractivity contribution in [3.63, 3.8) is 0 Å². The predicted molar refractivity (Wildman–Crippen MR) is 79.9 cm³/mol. The maximum absolute atomic E-state index is 13.6. The van der Waals surface area contributed by atoms with E-state index in [4.69, 9.17) is 0 Å². The topological polar surface area (TPSA) is 32.3 Å². The monoisotopic (exact) mass is 372 g/mol. The Bertz CT molecular complexity index is 732. The summed E-state index contributed by atoms with van der Waals surface area (Å²) in [5.74, 6) is -0.397. The lowest BCUT2D eigenvalue weighted by Gasteiger charge is -2.30. The number of nitrogens with one attached hydrogen (secondary N) is 1. The number of benzene rings is 2. The number of carbonyl (C=O) groups excluding carboxylic acids is 1. The Labute approximate surface area is 133 Å². The average Bonchev–Trinajstić information content (AvgIpc) is 2.84. The van der Waals surface area contributed by atoms with Crippen LogP contribution >= 0.6 is 15.9 Å². The fraction of sp³-hybridized carbons (Fsp3) is 0.267. The molecule has 0 aromatic heterocycles. The van der Waals surface area contributed by atoms with Gasteiger partial charge in [0.2, 0.25) is 5.91 Å². The largest absolute Gasteiger partial charge is 0.409 e. The normalized spacial score (nSPS) is 17.7. The quantitative estimate of drug-likeness (QED) is 0.865. The number of rotatable bonds is 2. The Hall–Kier alpha value is -1.60. The van der Waals surface area contributed by atoms with Gasteiger partial charge in [0, 0.05) is 17.4 Å². The molecular formula is C15H12BrF3N2O. The van der Waals surface area contributed by atoms with Crippen molar-refractivity contribution in [3.8, 4) is 0 Å². The van der Waals surface area contributed by atoms with Gasteiger partial charge in [-0.15, -0.1) is 0 Å². The molecule has 22 heavy (non-hydrogen) atoms. The number of hydrogen-bond acceptors (Lipinski definition) is 2. The number of alkyl halides is 3. The molecule has 116 valence electrons. The van der Waals surface area contributed by atoms with E-state index in [0.29, 0.717) is 4.47 Å². The van der Waals surface area contributed by atoms with Crippen LogP contribution in [0.5, 0.6) is 0 Å². The van der Waals surface area contributed by atoms with Crippen LogP contribution in [0.15, 0.2) is 40.9 Å². The van der Waals surface area contributed by atoms with Crippen molar-refractivity contribution in [1.82, 2.24) is 10.4 Å². The first-order chi connectivity index (χ1) is 10.4. The highest BCUT2D eigenvalue weighted by atomic mass is 79.9. The molecule has 2 aromatic rings. The van der Waals surface area contributed by atoms with Crippen LogP contribution < -0.4 is 5.43 Å². The maximum atomic E-state index is 13.6. The molecule has 0 bridgehead atoms. The highest BCUT2D eigenvalue weighted by molar-refractivity contribution is 9.10. The number of halogens is 4. The summed E-state index contributed by atoms with van der Waals surface area (Å²) in [6.45, 7) is 0.0300. The Balaban J connectivity index is 2.11. The first-order valence-corrected chi connectivity index (χ1v) is 7.46. The standard InChI is InChI=1S/C15H12BrF3N2O/c16-12-8-10-4-2-1-3-9(10)7-11(12)14(15(17,18)19)21-6-5-13(22)20-21/h1-4,7-8,14H,5-6H2,(H,20,22). The molecule has 1 N–H and O–H groups in total. The zero-order valence-corrected chi connectivity index (χ0v) is 12.9. The number of amides is 1. The molecule has 3 nitrogen and oxygen atoms in total. The van der Waals surface area contributed by atoms with E-state index in [1.807, 2.05) is 12.1 Å². The molecule has 0 aliphatic carbocycles. The molecule has 1 heterocycles. The number of hydrogen-bond donors (Lipinski definition) is 1. The van der Waals surface area contributed by atoms with E-state index < -0.39 is 18.1 Å². The number of nitrogens with zero attached hydrogens (tertiary/aromatic N) is 1. The van der Waals surface area contributed by atoms with Crippen molar-refractivity contribution in [2.45, 2.75) is 18.6 Å². The highest BCUT2D eigenvalue weighted by Crippen LogP contribution is 2.42. The molecule has 1 fully saturated rings. The third-order valence-electron chi connectivity index (χ3n) is 3.63. The van der Waals surface area contributed by atoms with Gasteiger partial charge in [0.15, 0.2) is 6.04 Å². The van der Waals surface area contributed by atoms with Crippen molar-refractivity contribution in [2.75, 3.05) is 6.54 Å². The Morgan fingerprint density at radius 3 is 2.36 bits per heavy atom. The fourth-order valence-corrected chi connectivity index (χ4v) is 3.23. The van der Waals surface area contributed by atoms with Gasteiger partial charge in [-0.1, -0.05) is 40.2 Å². The molecule has 7 heteroatoms. The minimum atomic E-state index is -4.50. The van der Waals surface area contributed by atoms with Crippen LogP contribution in [0.2, 0.25) is 0 Å².